The second-order valence-corrected chi connectivity index (χ2v) is 12.5. The number of carbonyl (C=O) groups is 4. The summed E-state index contributed by atoms with van der Waals surface area (Å²) in [4.78, 5) is 62.5. The van der Waals surface area contributed by atoms with Crippen molar-refractivity contribution in [2.75, 3.05) is 18.8 Å². The van der Waals surface area contributed by atoms with Crippen LogP contribution in [0.2, 0.25) is 0 Å². The van der Waals surface area contributed by atoms with Crippen LogP contribution in [-0.2, 0) is 16.1 Å². The predicted molar refractivity (Wildman–Crippen MR) is 178 cm³/mol. The van der Waals surface area contributed by atoms with Gasteiger partial charge in [0.2, 0.25) is 11.8 Å². The highest BCUT2D eigenvalue weighted by atomic mass is 16.5. The van der Waals surface area contributed by atoms with Crippen molar-refractivity contribution in [3.8, 4) is 22.8 Å². The zero-order valence-corrected chi connectivity index (χ0v) is 26.4. The third-order valence-corrected chi connectivity index (χ3v) is 9.44. The zero-order valence-electron chi connectivity index (χ0n) is 26.4. The van der Waals surface area contributed by atoms with Gasteiger partial charge in [-0.15, -0.1) is 0 Å². The lowest BCUT2D eigenvalue weighted by molar-refractivity contribution is -0.136. The lowest BCUT2D eigenvalue weighted by atomic mass is 10.0. The number of likely N-dealkylation sites (tertiary alicyclic amines) is 1. The number of anilines is 1. The standard InChI is InChI=1S/C36H32N8O5/c37-32-30-31(22-7-9-25(10-8-22)49-24-4-2-1-3-5-24)41-44(33(30)39-20-38-32)23-14-16-42(17-15-23)19-21-6-11-26-27(18-21)36(48)43(35(26)47)28-12-13-29(45)40-34(28)46/h1-11,18,20,23,28H,12-17,19H2,(H2,37,38,39)(H,40,45,46). The molecule has 3 N–H and O–H groups in total. The third-order valence-electron chi connectivity index (χ3n) is 9.44. The van der Waals surface area contributed by atoms with Crippen LogP contribution in [0.15, 0.2) is 79.1 Å². The Kier molecular flexibility index (Phi) is 7.60. The van der Waals surface area contributed by atoms with Crippen LogP contribution in [-0.4, -0.2) is 72.3 Å². The number of para-hydroxylation sites is 1. The van der Waals surface area contributed by atoms with E-state index in [2.05, 4.69) is 20.2 Å². The largest absolute Gasteiger partial charge is 0.457 e. The van der Waals surface area contributed by atoms with Crippen molar-refractivity contribution in [1.29, 1.82) is 0 Å². The van der Waals surface area contributed by atoms with E-state index in [0.29, 0.717) is 34.8 Å². The molecule has 0 spiro atoms. The third kappa shape index (κ3) is 5.57. The van der Waals surface area contributed by atoms with Crippen molar-refractivity contribution in [1.82, 2.24) is 34.9 Å². The second kappa shape index (κ2) is 12.3. The summed E-state index contributed by atoms with van der Waals surface area (Å²) in [7, 11) is 0. The van der Waals surface area contributed by atoms with Crippen LogP contribution in [0.3, 0.4) is 0 Å². The Hall–Kier alpha value is -5.95. The molecule has 5 aromatic rings. The number of nitrogens with zero attached hydrogens (tertiary/aromatic N) is 6. The Labute approximate surface area is 280 Å². The van der Waals surface area contributed by atoms with E-state index in [1.54, 1.807) is 12.1 Å². The number of nitrogen functional groups attached to an aromatic ring is 1. The smallest absolute Gasteiger partial charge is 0.262 e. The van der Waals surface area contributed by atoms with Gasteiger partial charge in [0.05, 0.1) is 22.6 Å². The number of benzene rings is 3. The number of imide groups is 2. The number of nitrogens with one attached hydrogen (secondary N) is 1. The Morgan fingerprint density at radius 3 is 2.33 bits per heavy atom. The summed E-state index contributed by atoms with van der Waals surface area (Å²) in [5.41, 5.74) is 10.1. The molecule has 2 aromatic heterocycles. The first kappa shape index (κ1) is 30.4. The maximum absolute atomic E-state index is 13.3. The minimum absolute atomic E-state index is 0.0820. The lowest BCUT2D eigenvalue weighted by Gasteiger charge is -2.32. The summed E-state index contributed by atoms with van der Waals surface area (Å²) in [5.74, 6) is -0.195. The molecule has 2 fully saturated rings. The van der Waals surface area contributed by atoms with E-state index >= 15 is 0 Å². The van der Waals surface area contributed by atoms with Crippen LogP contribution in [0, 0.1) is 0 Å². The molecular weight excluding hydrogens is 624 g/mol. The van der Waals surface area contributed by atoms with Crippen molar-refractivity contribution in [2.45, 2.75) is 44.3 Å². The zero-order chi connectivity index (χ0) is 33.6. The number of aromatic nitrogens is 4. The first-order chi connectivity index (χ1) is 23.8. The van der Waals surface area contributed by atoms with Crippen molar-refractivity contribution in [3.05, 3.63) is 95.8 Å². The quantitative estimate of drug-likeness (QED) is 0.244. The van der Waals surface area contributed by atoms with Gasteiger partial charge >= 0.3 is 0 Å². The lowest BCUT2D eigenvalue weighted by Crippen LogP contribution is -2.54. The van der Waals surface area contributed by atoms with Crippen LogP contribution in [0.25, 0.3) is 22.3 Å². The number of piperidine rings is 2. The van der Waals surface area contributed by atoms with Gasteiger partial charge in [0.1, 0.15) is 35.4 Å². The molecule has 2 saturated heterocycles. The van der Waals surface area contributed by atoms with Gasteiger partial charge in [-0.05, 0) is 73.4 Å². The molecule has 3 aromatic carbocycles. The van der Waals surface area contributed by atoms with Crippen molar-refractivity contribution in [2.24, 2.45) is 0 Å². The number of rotatable bonds is 7. The fourth-order valence-electron chi connectivity index (χ4n) is 6.95. The Morgan fingerprint density at radius 1 is 0.837 bits per heavy atom. The molecule has 0 radical (unpaired) electrons. The fraction of sp³-hybridized carbons (Fsp3) is 0.250. The van der Waals surface area contributed by atoms with Crippen molar-refractivity contribution < 1.29 is 23.9 Å². The van der Waals surface area contributed by atoms with E-state index in [0.717, 1.165) is 47.7 Å². The maximum Gasteiger partial charge on any atom is 0.262 e. The molecule has 0 saturated carbocycles. The van der Waals surface area contributed by atoms with Crippen LogP contribution in [0.4, 0.5) is 5.82 Å². The van der Waals surface area contributed by atoms with Crippen molar-refractivity contribution in [3.63, 3.8) is 0 Å². The monoisotopic (exact) mass is 656 g/mol. The van der Waals surface area contributed by atoms with E-state index in [9.17, 15) is 19.2 Å². The van der Waals surface area contributed by atoms with Crippen LogP contribution in [0.5, 0.6) is 11.5 Å². The van der Waals surface area contributed by atoms with Crippen molar-refractivity contribution >= 4 is 40.5 Å². The van der Waals surface area contributed by atoms with E-state index in [4.69, 9.17) is 15.6 Å². The van der Waals surface area contributed by atoms with Gasteiger partial charge in [0.15, 0.2) is 5.65 Å². The molecule has 8 rings (SSSR count). The average Bonchev–Trinajstić information content (AvgIpc) is 3.62. The van der Waals surface area contributed by atoms with E-state index in [1.165, 1.54) is 6.33 Å². The van der Waals surface area contributed by atoms with Crippen LogP contribution < -0.4 is 15.8 Å². The van der Waals surface area contributed by atoms with Gasteiger partial charge in [-0.2, -0.15) is 5.10 Å². The molecule has 13 nitrogen and oxygen atoms in total. The number of ether oxygens (including phenoxy) is 1. The molecule has 1 atom stereocenters. The van der Waals surface area contributed by atoms with E-state index in [1.807, 2.05) is 65.3 Å². The number of hydrogen-bond acceptors (Lipinski definition) is 10. The Bertz CT molecular complexity index is 2120. The summed E-state index contributed by atoms with van der Waals surface area (Å²) in [6.07, 6.45) is 3.30. The first-order valence-electron chi connectivity index (χ1n) is 16.2. The minimum atomic E-state index is -0.986. The number of amides is 4. The molecule has 1 unspecified atom stereocenters. The van der Waals surface area contributed by atoms with Crippen LogP contribution >= 0.6 is 0 Å². The van der Waals surface area contributed by atoms with Gasteiger partial charge in [0, 0.05) is 31.6 Å². The second-order valence-electron chi connectivity index (χ2n) is 12.5. The highest BCUT2D eigenvalue weighted by Gasteiger charge is 2.44. The number of nitrogens with two attached hydrogens (primary N) is 1. The molecule has 5 heterocycles. The summed E-state index contributed by atoms with van der Waals surface area (Å²) in [6.45, 7) is 2.15. The molecule has 3 aliphatic rings. The summed E-state index contributed by atoms with van der Waals surface area (Å²) in [5, 5.41) is 7.98. The molecule has 4 amide bonds. The summed E-state index contributed by atoms with van der Waals surface area (Å²) >= 11 is 0. The van der Waals surface area contributed by atoms with Gasteiger partial charge < -0.3 is 10.5 Å². The Balaban J connectivity index is 0.963. The maximum atomic E-state index is 13.3. The normalized spacial score (nSPS) is 18.6. The SMILES string of the molecule is Nc1ncnc2c1c(-c1ccc(Oc3ccccc3)cc1)nn2C1CCN(Cc2ccc3c(c2)C(=O)N(C2CCC(=O)NC2=O)C3=O)CC1. The molecule has 246 valence electrons. The fourth-order valence-corrected chi connectivity index (χ4v) is 6.95. The summed E-state index contributed by atoms with van der Waals surface area (Å²) < 4.78 is 7.93. The van der Waals surface area contributed by atoms with Crippen LogP contribution in [0.1, 0.15) is 58.0 Å². The van der Waals surface area contributed by atoms with Gasteiger partial charge in [-0.3, -0.25) is 34.3 Å². The number of hydrogen-bond donors (Lipinski definition) is 2. The number of fused-ring (bicyclic) bond motifs is 2. The molecule has 0 aliphatic carbocycles. The predicted octanol–water partition coefficient (Wildman–Crippen LogP) is 4.11. The van der Waals surface area contributed by atoms with Gasteiger partial charge in [-0.25, -0.2) is 14.6 Å². The van der Waals surface area contributed by atoms with E-state index < -0.39 is 29.7 Å². The summed E-state index contributed by atoms with van der Waals surface area (Å²) in [6, 6.07) is 21.7. The number of carbonyl (C=O) groups excluding carboxylic acids is 4. The molecular formula is C36H32N8O5. The molecule has 0 bridgehead atoms. The van der Waals surface area contributed by atoms with E-state index in [-0.39, 0.29) is 30.0 Å². The highest BCUT2D eigenvalue weighted by molar-refractivity contribution is 6.23. The average molecular weight is 657 g/mol. The Morgan fingerprint density at radius 2 is 1.57 bits per heavy atom. The topological polar surface area (TPSA) is 166 Å². The molecule has 13 heteroatoms. The van der Waals surface area contributed by atoms with Gasteiger partial charge in [0.25, 0.3) is 11.8 Å². The first-order valence-corrected chi connectivity index (χ1v) is 16.2. The highest BCUT2D eigenvalue weighted by Crippen LogP contribution is 2.36. The molecule has 3 aliphatic heterocycles. The van der Waals surface area contributed by atoms with Gasteiger partial charge in [-0.1, -0.05) is 24.3 Å². The molecule has 49 heavy (non-hydrogen) atoms. The minimum Gasteiger partial charge on any atom is -0.457 e.